The molecule has 2 nitrogen and oxygen atoms in total. The van der Waals surface area contributed by atoms with Crippen LogP contribution in [0.2, 0.25) is 0 Å². The van der Waals surface area contributed by atoms with Gasteiger partial charge in [0.15, 0.2) is 0 Å². The molecule has 0 saturated carbocycles. The fraction of sp³-hybridized carbons (Fsp3) is 0.625. The third-order valence-electron chi connectivity index (χ3n) is 3.90. The summed E-state index contributed by atoms with van der Waals surface area (Å²) in [4.78, 5) is 2.51. The topological polar surface area (TPSA) is 15.3 Å². The number of nitrogens with zero attached hydrogens (tertiary/aromatic N) is 1. The van der Waals surface area contributed by atoms with E-state index < -0.39 is 0 Å². The van der Waals surface area contributed by atoms with Gasteiger partial charge in [0.25, 0.3) is 0 Å². The van der Waals surface area contributed by atoms with E-state index in [1.54, 1.807) is 12.1 Å². The first-order chi connectivity index (χ1) is 9.28. The average Bonchev–Trinajstić information content (AvgIpc) is 2.42. The molecule has 106 valence electrons. The fourth-order valence-corrected chi connectivity index (χ4v) is 2.86. The molecule has 1 N–H and O–H groups in total. The summed E-state index contributed by atoms with van der Waals surface area (Å²) in [5.74, 6) is 0.666. The molecule has 1 aromatic carbocycles. The van der Waals surface area contributed by atoms with Crippen LogP contribution in [0.4, 0.5) is 4.39 Å². The van der Waals surface area contributed by atoms with E-state index in [0.717, 1.165) is 25.6 Å². The van der Waals surface area contributed by atoms with Crippen LogP contribution in [0.25, 0.3) is 0 Å². The van der Waals surface area contributed by atoms with Crippen molar-refractivity contribution in [3.05, 3.63) is 35.6 Å². The van der Waals surface area contributed by atoms with Crippen molar-refractivity contribution in [3.8, 4) is 0 Å². The second kappa shape index (κ2) is 7.61. The molecule has 1 atom stereocenters. The van der Waals surface area contributed by atoms with Crippen molar-refractivity contribution in [1.82, 2.24) is 10.2 Å². The number of hydrogen-bond acceptors (Lipinski definition) is 2. The maximum absolute atomic E-state index is 12.9. The van der Waals surface area contributed by atoms with E-state index in [1.807, 2.05) is 12.1 Å². The Morgan fingerprint density at radius 1 is 1.32 bits per heavy atom. The molecular weight excluding hydrogens is 239 g/mol. The third kappa shape index (κ3) is 4.92. The molecule has 1 saturated heterocycles. The first-order valence-corrected chi connectivity index (χ1v) is 7.45. The number of hydrogen-bond donors (Lipinski definition) is 1. The lowest BCUT2D eigenvalue weighted by molar-refractivity contribution is 0.161. The van der Waals surface area contributed by atoms with E-state index in [1.165, 1.54) is 37.9 Å². The zero-order valence-corrected chi connectivity index (χ0v) is 11.9. The highest BCUT2D eigenvalue weighted by Gasteiger charge is 2.19. The van der Waals surface area contributed by atoms with E-state index in [2.05, 4.69) is 17.1 Å². The lowest BCUT2D eigenvalue weighted by atomic mass is 9.94. The molecule has 0 spiro atoms. The molecule has 0 amide bonds. The number of benzene rings is 1. The van der Waals surface area contributed by atoms with Crippen LogP contribution in [0.5, 0.6) is 0 Å². The van der Waals surface area contributed by atoms with E-state index in [9.17, 15) is 4.39 Å². The zero-order valence-electron chi connectivity index (χ0n) is 11.9. The molecule has 1 aliphatic heterocycles. The fourth-order valence-electron chi connectivity index (χ4n) is 2.86. The van der Waals surface area contributed by atoms with Crippen LogP contribution in [-0.2, 0) is 6.54 Å². The Morgan fingerprint density at radius 2 is 2.11 bits per heavy atom. The minimum atomic E-state index is -0.147. The Hall–Kier alpha value is -0.930. The molecule has 2 rings (SSSR count). The van der Waals surface area contributed by atoms with E-state index in [0.29, 0.717) is 0 Å². The van der Waals surface area contributed by atoms with Gasteiger partial charge in [-0.05, 0) is 62.5 Å². The van der Waals surface area contributed by atoms with Crippen LogP contribution in [0.3, 0.4) is 0 Å². The number of rotatable bonds is 6. The van der Waals surface area contributed by atoms with E-state index >= 15 is 0 Å². The second-order valence-corrected chi connectivity index (χ2v) is 5.51. The van der Waals surface area contributed by atoms with Crippen molar-refractivity contribution < 1.29 is 4.39 Å². The van der Waals surface area contributed by atoms with Crippen LogP contribution >= 0.6 is 0 Å². The Balaban J connectivity index is 1.78. The molecule has 19 heavy (non-hydrogen) atoms. The minimum absolute atomic E-state index is 0.147. The maximum Gasteiger partial charge on any atom is 0.123 e. The molecule has 1 unspecified atom stereocenters. The summed E-state index contributed by atoms with van der Waals surface area (Å²) in [6.45, 7) is 7.66. The van der Waals surface area contributed by atoms with Crippen LogP contribution in [-0.4, -0.2) is 31.1 Å². The van der Waals surface area contributed by atoms with Gasteiger partial charge in [0.05, 0.1) is 0 Å². The standard InChI is InChI=1S/C16H25FN2/c1-2-18-10-9-14-4-3-11-19(12-14)13-15-5-7-16(17)8-6-15/h5-8,14,18H,2-4,9-13H2,1H3. The van der Waals surface area contributed by atoms with E-state index in [-0.39, 0.29) is 5.82 Å². The van der Waals surface area contributed by atoms with Crippen molar-refractivity contribution in [2.24, 2.45) is 5.92 Å². The largest absolute Gasteiger partial charge is 0.317 e. The van der Waals surface area contributed by atoms with Gasteiger partial charge in [0, 0.05) is 13.1 Å². The molecule has 1 heterocycles. The molecule has 0 bridgehead atoms. The summed E-state index contributed by atoms with van der Waals surface area (Å²) in [7, 11) is 0. The second-order valence-electron chi connectivity index (χ2n) is 5.51. The van der Waals surface area contributed by atoms with Gasteiger partial charge < -0.3 is 5.32 Å². The highest BCUT2D eigenvalue weighted by Crippen LogP contribution is 2.21. The van der Waals surface area contributed by atoms with Crippen LogP contribution in [0.1, 0.15) is 31.7 Å². The molecule has 0 aromatic heterocycles. The normalized spacial score (nSPS) is 20.6. The molecule has 0 radical (unpaired) electrons. The Bertz CT molecular complexity index is 364. The van der Waals surface area contributed by atoms with Crippen molar-refractivity contribution in [3.63, 3.8) is 0 Å². The highest BCUT2D eigenvalue weighted by atomic mass is 19.1. The van der Waals surface area contributed by atoms with E-state index in [4.69, 9.17) is 0 Å². The SMILES string of the molecule is CCNCCC1CCCN(Cc2ccc(F)cc2)C1. The van der Waals surface area contributed by atoms with Gasteiger partial charge in [-0.15, -0.1) is 0 Å². The monoisotopic (exact) mass is 264 g/mol. The molecule has 1 fully saturated rings. The van der Waals surface area contributed by atoms with Crippen LogP contribution in [0.15, 0.2) is 24.3 Å². The summed E-state index contributed by atoms with van der Waals surface area (Å²) in [6.07, 6.45) is 3.91. The summed E-state index contributed by atoms with van der Waals surface area (Å²) in [5, 5.41) is 3.41. The minimum Gasteiger partial charge on any atom is -0.317 e. The van der Waals surface area contributed by atoms with Gasteiger partial charge in [-0.3, -0.25) is 4.90 Å². The smallest absolute Gasteiger partial charge is 0.123 e. The van der Waals surface area contributed by atoms with Gasteiger partial charge in [-0.1, -0.05) is 19.1 Å². The number of likely N-dealkylation sites (tertiary alicyclic amines) is 1. The van der Waals surface area contributed by atoms with Crippen molar-refractivity contribution >= 4 is 0 Å². The third-order valence-corrected chi connectivity index (χ3v) is 3.90. The molecule has 1 aromatic rings. The summed E-state index contributed by atoms with van der Waals surface area (Å²) in [5.41, 5.74) is 1.22. The van der Waals surface area contributed by atoms with Crippen molar-refractivity contribution in [2.45, 2.75) is 32.7 Å². The number of nitrogens with one attached hydrogen (secondary N) is 1. The first kappa shape index (κ1) is 14.5. The number of halogens is 1. The molecule has 1 aliphatic rings. The summed E-state index contributed by atoms with van der Waals surface area (Å²) in [6, 6.07) is 6.92. The Kier molecular flexibility index (Phi) is 5.80. The molecule has 3 heteroatoms. The number of piperidine rings is 1. The lowest BCUT2D eigenvalue weighted by Crippen LogP contribution is -2.36. The van der Waals surface area contributed by atoms with Crippen molar-refractivity contribution in [1.29, 1.82) is 0 Å². The highest BCUT2D eigenvalue weighted by molar-refractivity contribution is 5.15. The predicted molar refractivity (Wildman–Crippen MR) is 77.6 cm³/mol. The quantitative estimate of drug-likeness (QED) is 0.795. The van der Waals surface area contributed by atoms with Gasteiger partial charge in [-0.2, -0.15) is 0 Å². The zero-order chi connectivity index (χ0) is 13.5. The van der Waals surface area contributed by atoms with Crippen LogP contribution in [0, 0.1) is 11.7 Å². The van der Waals surface area contributed by atoms with Gasteiger partial charge in [0.1, 0.15) is 5.82 Å². The maximum atomic E-state index is 12.9. The predicted octanol–water partition coefficient (Wildman–Crippen LogP) is 3.04. The molecule has 0 aliphatic carbocycles. The average molecular weight is 264 g/mol. The van der Waals surface area contributed by atoms with Crippen molar-refractivity contribution in [2.75, 3.05) is 26.2 Å². The summed E-state index contributed by atoms with van der Waals surface area (Å²) < 4.78 is 12.9. The molecular formula is C16H25FN2. The lowest BCUT2D eigenvalue weighted by Gasteiger charge is -2.32. The van der Waals surface area contributed by atoms with Gasteiger partial charge >= 0.3 is 0 Å². The summed E-state index contributed by atoms with van der Waals surface area (Å²) >= 11 is 0. The Labute approximate surface area is 116 Å². The first-order valence-electron chi connectivity index (χ1n) is 7.45. The van der Waals surface area contributed by atoms with Gasteiger partial charge in [-0.25, -0.2) is 4.39 Å². The van der Waals surface area contributed by atoms with Crippen LogP contribution < -0.4 is 5.32 Å². The Morgan fingerprint density at radius 3 is 2.84 bits per heavy atom. The van der Waals surface area contributed by atoms with Gasteiger partial charge in [0.2, 0.25) is 0 Å².